The number of nitrogens with zero attached hydrogens (tertiary/aromatic N) is 1. The maximum atomic E-state index is 13.2. The van der Waals surface area contributed by atoms with E-state index in [1.807, 2.05) is 6.07 Å². The predicted octanol–water partition coefficient (Wildman–Crippen LogP) is 2.91. The highest BCUT2D eigenvalue weighted by Gasteiger charge is 2.37. The second-order valence-corrected chi connectivity index (χ2v) is 6.33. The molecule has 2 rings (SSSR count). The molecule has 0 radical (unpaired) electrons. The summed E-state index contributed by atoms with van der Waals surface area (Å²) in [5.41, 5.74) is 1.14. The van der Waals surface area contributed by atoms with Gasteiger partial charge in [-0.15, -0.1) is 0 Å². The molecule has 1 atom stereocenters. The normalized spacial score (nSPS) is 23.5. The number of hydrogen-bond donors (Lipinski definition) is 1. The molecule has 1 saturated heterocycles. The van der Waals surface area contributed by atoms with Crippen molar-refractivity contribution in [3.63, 3.8) is 0 Å². The van der Waals surface area contributed by atoms with Crippen LogP contribution in [0.25, 0.3) is 0 Å². The largest absolute Gasteiger partial charge is 0.308 e. The zero-order chi connectivity index (χ0) is 13.3. The Morgan fingerprint density at radius 1 is 1.44 bits per heavy atom. The molecule has 0 saturated carbocycles. The van der Waals surface area contributed by atoms with Gasteiger partial charge in [-0.3, -0.25) is 0 Å². The zero-order valence-corrected chi connectivity index (χ0v) is 11.9. The molecular weight excluding hydrogens is 251 g/mol. The van der Waals surface area contributed by atoms with E-state index in [4.69, 9.17) is 11.6 Å². The van der Waals surface area contributed by atoms with Crippen molar-refractivity contribution in [1.29, 1.82) is 0 Å². The molecule has 0 aromatic heterocycles. The Morgan fingerprint density at radius 3 is 2.72 bits per heavy atom. The SMILES string of the molecule is CN1CC(NCc2cc(F)cc(Cl)c2)C(C)(C)C1. The van der Waals surface area contributed by atoms with E-state index in [0.29, 0.717) is 17.6 Å². The maximum absolute atomic E-state index is 13.2. The van der Waals surface area contributed by atoms with Crippen molar-refractivity contribution in [2.75, 3.05) is 20.1 Å². The van der Waals surface area contributed by atoms with Crippen molar-refractivity contribution in [2.45, 2.75) is 26.4 Å². The number of likely N-dealkylation sites (N-methyl/N-ethyl adjacent to an activating group) is 1. The third kappa shape index (κ3) is 3.22. The number of likely N-dealkylation sites (tertiary alicyclic amines) is 1. The molecule has 2 nitrogen and oxygen atoms in total. The van der Waals surface area contributed by atoms with E-state index in [9.17, 15) is 4.39 Å². The summed E-state index contributed by atoms with van der Waals surface area (Å²) in [4.78, 5) is 2.32. The fraction of sp³-hybridized carbons (Fsp3) is 0.571. The highest BCUT2D eigenvalue weighted by molar-refractivity contribution is 6.30. The summed E-state index contributed by atoms with van der Waals surface area (Å²) in [6.45, 7) is 7.27. The van der Waals surface area contributed by atoms with Gasteiger partial charge < -0.3 is 10.2 Å². The molecule has 18 heavy (non-hydrogen) atoms. The molecule has 0 amide bonds. The molecule has 1 aromatic rings. The van der Waals surface area contributed by atoms with Crippen molar-refractivity contribution in [1.82, 2.24) is 10.2 Å². The van der Waals surface area contributed by atoms with E-state index in [-0.39, 0.29) is 11.2 Å². The van der Waals surface area contributed by atoms with Gasteiger partial charge in [0, 0.05) is 30.7 Å². The molecule has 4 heteroatoms. The first-order valence-corrected chi connectivity index (χ1v) is 6.61. The molecular formula is C14H20ClFN2. The second-order valence-electron chi connectivity index (χ2n) is 5.90. The maximum Gasteiger partial charge on any atom is 0.125 e. The molecule has 1 heterocycles. The fourth-order valence-corrected chi connectivity index (χ4v) is 2.97. The van der Waals surface area contributed by atoms with Crippen LogP contribution in [0.2, 0.25) is 5.02 Å². The lowest BCUT2D eigenvalue weighted by Crippen LogP contribution is -2.40. The zero-order valence-electron chi connectivity index (χ0n) is 11.1. The molecule has 1 aliphatic rings. The number of halogens is 2. The van der Waals surface area contributed by atoms with Gasteiger partial charge >= 0.3 is 0 Å². The van der Waals surface area contributed by atoms with Crippen LogP contribution in [0, 0.1) is 11.2 Å². The molecule has 1 N–H and O–H groups in total. The van der Waals surface area contributed by atoms with Crippen molar-refractivity contribution >= 4 is 11.6 Å². The third-order valence-corrected chi connectivity index (χ3v) is 3.81. The van der Waals surface area contributed by atoms with Gasteiger partial charge in [-0.05, 0) is 36.2 Å². The van der Waals surface area contributed by atoms with E-state index in [1.54, 1.807) is 0 Å². The van der Waals surface area contributed by atoms with Crippen LogP contribution in [0.1, 0.15) is 19.4 Å². The first kappa shape index (κ1) is 13.8. The quantitative estimate of drug-likeness (QED) is 0.909. The molecule has 0 bridgehead atoms. The topological polar surface area (TPSA) is 15.3 Å². The minimum absolute atomic E-state index is 0.242. The average molecular weight is 271 g/mol. The smallest absolute Gasteiger partial charge is 0.125 e. The lowest BCUT2D eigenvalue weighted by atomic mass is 9.88. The van der Waals surface area contributed by atoms with Crippen molar-refractivity contribution in [3.05, 3.63) is 34.6 Å². The minimum Gasteiger partial charge on any atom is -0.308 e. The number of benzene rings is 1. The number of rotatable bonds is 3. The van der Waals surface area contributed by atoms with E-state index in [0.717, 1.165) is 18.7 Å². The molecule has 1 aromatic carbocycles. The van der Waals surface area contributed by atoms with E-state index in [1.165, 1.54) is 12.1 Å². The Hall–Kier alpha value is -0.640. The summed E-state index contributed by atoms with van der Waals surface area (Å²) in [5, 5.41) is 3.96. The van der Waals surface area contributed by atoms with Gasteiger partial charge in [0.05, 0.1) is 0 Å². The second kappa shape index (κ2) is 5.16. The Balaban J connectivity index is 1.99. The van der Waals surface area contributed by atoms with Crippen LogP contribution in [0.3, 0.4) is 0 Å². The summed E-state index contributed by atoms with van der Waals surface area (Å²) < 4.78 is 13.2. The summed E-state index contributed by atoms with van der Waals surface area (Å²) in [6.07, 6.45) is 0. The lowest BCUT2D eigenvalue weighted by molar-refractivity contribution is 0.297. The van der Waals surface area contributed by atoms with E-state index >= 15 is 0 Å². The Kier molecular flexibility index (Phi) is 3.95. The Morgan fingerprint density at radius 2 is 2.17 bits per heavy atom. The number of hydrogen-bond acceptors (Lipinski definition) is 2. The molecule has 1 aliphatic heterocycles. The summed E-state index contributed by atoms with van der Waals surface area (Å²) in [5.74, 6) is -0.276. The van der Waals surface area contributed by atoms with Crippen LogP contribution >= 0.6 is 11.6 Å². The van der Waals surface area contributed by atoms with Crippen LogP contribution in [0.5, 0.6) is 0 Å². The van der Waals surface area contributed by atoms with Gasteiger partial charge in [-0.1, -0.05) is 25.4 Å². The van der Waals surface area contributed by atoms with Gasteiger partial charge in [0.1, 0.15) is 5.82 Å². The summed E-state index contributed by atoms with van der Waals surface area (Å²) >= 11 is 5.85. The number of nitrogens with one attached hydrogen (secondary N) is 1. The minimum atomic E-state index is -0.276. The van der Waals surface area contributed by atoms with Crippen molar-refractivity contribution < 1.29 is 4.39 Å². The monoisotopic (exact) mass is 270 g/mol. The first-order chi connectivity index (χ1) is 8.37. The predicted molar refractivity (Wildman–Crippen MR) is 73.3 cm³/mol. The molecule has 0 spiro atoms. The van der Waals surface area contributed by atoms with Crippen molar-refractivity contribution in [2.24, 2.45) is 5.41 Å². The van der Waals surface area contributed by atoms with Crippen LogP contribution in [-0.2, 0) is 6.54 Å². The van der Waals surface area contributed by atoms with Crippen LogP contribution in [0.15, 0.2) is 18.2 Å². The first-order valence-electron chi connectivity index (χ1n) is 6.24. The molecule has 100 valence electrons. The molecule has 0 aliphatic carbocycles. The van der Waals surface area contributed by atoms with E-state index < -0.39 is 0 Å². The third-order valence-electron chi connectivity index (χ3n) is 3.59. The summed E-state index contributed by atoms with van der Waals surface area (Å²) in [7, 11) is 2.13. The Bertz CT molecular complexity index is 414. The fourth-order valence-electron chi connectivity index (χ4n) is 2.72. The van der Waals surface area contributed by atoms with Crippen LogP contribution in [-0.4, -0.2) is 31.1 Å². The Labute approximate surface area is 113 Å². The van der Waals surface area contributed by atoms with Gasteiger partial charge in [0.15, 0.2) is 0 Å². The standard InChI is InChI=1S/C14H20ClFN2/c1-14(2)9-18(3)8-13(14)17-7-10-4-11(15)6-12(16)5-10/h4-6,13,17H,7-9H2,1-3H3. The highest BCUT2D eigenvalue weighted by atomic mass is 35.5. The van der Waals surface area contributed by atoms with Gasteiger partial charge in [0.25, 0.3) is 0 Å². The molecule has 1 fully saturated rings. The van der Waals surface area contributed by atoms with Crippen molar-refractivity contribution in [3.8, 4) is 0 Å². The van der Waals surface area contributed by atoms with Gasteiger partial charge in [0.2, 0.25) is 0 Å². The van der Waals surface area contributed by atoms with Gasteiger partial charge in [-0.25, -0.2) is 4.39 Å². The lowest BCUT2D eigenvalue weighted by Gasteiger charge is -2.26. The van der Waals surface area contributed by atoms with Gasteiger partial charge in [-0.2, -0.15) is 0 Å². The summed E-state index contributed by atoms with van der Waals surface area (Å²) in [6, 6.07) is 5.09. The van der Waals surface area contributed by atoms with Crippen LogP contribution < -0.4 is 5.32 Å². The van der Waals surface area contributed by atoms with E-state index in [2.05, 4.69) is 31.1 Å². The highest BCUT2D eigenvalue weighted by Crippen LogP contribution is 2.28. The average Bonchev–Trinajstić information content (AvgIpc) is 2.47. The van der Waals surface area contributed by atoms with Crippen LogP contribution in [0.4, 0.5) is 4.39 Å². The molecule has 1 unspecified atom stereocenters.